The van der Waals surface area contributed by atoms with Crippen LogP contribution in [-0.4, -0.2) is 11.5 Å². The summed E-state index contributed by atoms with van der Waals surface area (Å²) in [7, 11) is 0. The summed E-state index contributed by atoms with van der Waals surface area (Å²) in [6.07, 6.45) is 6.21. The Morgan fingerprint density at radius 1 is 1.53 bits per heavy atom. The Balaban J connectivity index is 3.82. The van der Waals surface area contributed by atoms with E-state index in [1.54, 1.807) is 13.0 Å². The van der Waals surface area contributed by atoms with Crippen molar-refractivity contribution in [2.24, 2.45) is 5.92 Å². The molecule has 0 saturated carbocycles. The van der Waals surface area contributed by atoms with Gasteiger partial charge in [-0.25, -0.2) is 0 Å². The standard InChI is InChI=1S/C13H21NO/c1-5-7-13(14)11(3)9-6-8-10(2)12(4)15/h5,7,10,14H,3,6,8-9H2,1-2,4H3/b7-5+,14-13?. The smallest absolute Gasteiger partial charge is 0.132 e. The molecule has 0 bridgehead atoms. The summed E-state index contributed by atoms with van der Waals surface area (Å²) in [5, 5.41) is 7.61. The lowest BCUT2D eigenvalue weighted by atomic mass is 9.97. The number of rotatable bonds is 7. The van der Waals surface area contributed by atoms with Crippen molar-refractivity contribution in [2.75, 3.05) is 0 Å². The Kier molecular flexibility index (Phi) is 6.59. The Labute approximate surface area is 92.6 Å². The van der Waals surface area contributed by atoms with Crippen LogP contribution in [0.5, 0.6) is 0 Å². The van der Waals surface area contributed by atoms with Crippen LogP contribution in [0.1, 0.15) is 40.0 Å². The third kappa shape index (κ3) is 6.00. The molecule has 0 saturated heterocycles. The first-order valence-electron chi connectivity index (χ1n) is 5.38. The highest BCUT2D eigenvalue weighted by Crippen LogP contribution is 2.13. The molecule has 0 aliphatic carbocycles. The number of carbonyl (C=O) groups excluding carboxylic acids is 1. The van der Waals surface area contributed by atoms with Crippen LogP contribution in [0.2, 0.25) is 0 Å². The third-order valence-electron chi connectivity index (χ3n) is 2.52. The minimum atomic E-state index is 0.133. The first kappa shape index (κ1) is 13.8. The maximum Gasteiger partial charge on any atom is 0.132 e. The van der Waals surface area contributed by atoms with Crippen molar-refractivity contribution in [1.29, 1.82) is 5.41 Å². The second kappa shape index (κ2) is 7.16. The van der Waals surface area contributed by atoms with E-state index in [9.17, 15) is 4.79 Å². The van der Waals surface area contributed by atoms with Crippen LogP contribution in [0.4, 0.5) is 0 Å². The fraction of sp³-hybridized carbons (Fsp3) is 0.538. The van der Waals surface area contributed by atoms with E-state index in [4.69, 9.17) is 5.41 Å². The van der Waals surface area contributed by atoms with Gasteiger partial charge < -0.3 is 5.41 Å². The zero-order chi connectivity index (χ0) is 11.8. The predicted octanol–water partition coefficient (Wildman–Crippen LogP) is 3.53. The van der Waals surface area contributed by atoms with Crippen molar-refractivity contribution >= 4 is 11.5 Å². The van der Waals surface area contributed by atoms with Gasteiger partial charge in [0.25, 0.3) is 0 Å². The highest BCUT2D eigenvalue weighted by atomic mass is 16.1. The Hall–Kier alpha value is -1.18. The van der Waals surface area contributed by atoms with E-state index in [1.165, 1.54) is 0 Å². The zero-order valence-electron chi connectivity index (χ0n) is 9.97. The maximum absolute atomic E-state index is 11.0. The fourth-order valence-corrected chi connectivity index (χ4v) is 1.24. The van der Waals surface area contributed by atoms with Crippen molar-refractivity contribution in [2.45, 2.75) is 40.0 Å². The average molecular weight is 207 g/mol. The number of ketones is 1. The Bertz CT molecular complexity index is 276. The van der Waals surface area contributed by atoms with Gasteiger partial charge in [-0.05, 0) is 44.8 Å². The molecular formula is C13H21NO. The number of nitrogens with one attached hydrogen (secondary N) is 1. The van der Waals surface area contributed by atoms with E-state index >= 15 is 0 Å². The van der Waals surface area contributed by atoms with Gasteiger partial charge in [0.15, 0.2) is 0 Å². The predicted molar refractivity (Wildman–Crippen MR) is 65.4 cm³/mol. The normalized spacial score (nSPS) is 12.7. The number of carbonyl (C=O) groups is 1. The topological polar surface area (TPSA) is 40.9 Å². The maximum atomic E-state index is 11.0. The van der Waals surface area contributed by atoms with Crippen LogP contribution in [0.3, 0.4) is 0 Å². The second-order valence-corrected chi connectivity index (χ2v) is 3.92. The highest BCUT2D eigenvalue weighted by Gasteiger charge is 2.07. The Morgan fingerprint density at radius 3 is 2.60 bits per heavy atom. The molecule has 0 aromatic carbocycles. The molecule has 15 heavy (non-hydrogen) atoms. The van der Waals surface area contributed by atoms with E-state index in [2.05, 4.69) is 6.58 Å². The molecule has 0 aliphatic heterocycles. The molecule has 1 unspecified atom stereocenters. The zero-order valence-corrected chi connectivity index (χ0v) is 9.97. The van der Waals surface area contributed by atoms with Crippen LogP contribution in [-0.2, 0) is 4.79 Å². The van der Waals surface area contributed by atoms with Crippen molar-refractivity contribution in [3.8, 4) is 0 Å². The molecule has 0 spiro atoms. The van der Waals surface area contributed by atoms with E-state index in [0.717, 1.165) is 24.8 Å². The minimum Gasteiger partial charge on any atom is -0.301 e. The first-order chi connectivity index (χ1) is 6.99. The van der Waals surface area contributed by atoms with Crippen LogP contribution in [0.25, 0.3) is 0 Å². The molecule has 2 nitrogen and oxygen atoms in total. The van der Waals surface area contributed by atoms with Crippen LogP contribution in [0, 0.1) is 11.3 Å². The molecule has 0 heterocycles. The quantitative estimate of drug-likeness (QED) is 0.637. The van der Waals surface area contributed by atoms with Gasteiger partial charge in [0, 0.05) is 5.92 Å². The van der Waals surface area contributed by atoms with Crippen LogP contribution < -0.4 is 0 Å². The molecule has 2 heteroatoms. The molecule has 0 radical (unpaired) electrons. The van der Waals surface area contributed by atoms with Gasteiger partial charge in [-0.3, -0.25) is 4.79 Å². The number of hydrogen-bond donors (Lipinski definition) is 1. The molecule has 1 atom stereocenters. The second-order valence-electron chi connectivity index (χ2n) is 3.92. The van der Waals surface area contributed by atoms with Crippen molar-refractivity contribution in [3.05, 3.63) is 24.3 Å². The molecule has 0 fully saturated rings. The van der Waals surface area contributed by atoms with Gasteiger partial charge in [0.2, 0.25) is 0 Å². The fourth-order valence-electron chi connectivity index (χ4n) is 1.24. The summed E-state index contributed by atoms with van der Waals surface area (Å²) in [5.41, 5.74) is 1.34. The lowest BCUT2D eigenvalue weighted by molar-refractivity contribution is -0.120. The number of allylic oxidation sites excluding steroid dienone is 3. The summed E-state index contributed by atoms with van der Waals surface area (Å²) in [5.74, 6) is 0.373. The number of Topliss-reactive ketones (excluding diaryl/α,β-unsaturated/α-hetero) is 1. The van der Waals surface area contributed by atoms with Gasteiger partial charge >= 0.3 is 0 Å². The monoisotopic (exact) mass is 207 g/mol. The first-order valence-corrected chi connectivity index (χ1v) is 5.38. The van der Waals surface area contributed by atoms with Crippen LogP contribution in [0.15, 0.2) is 24.3 Å². The number of hydrogen-bond acceptors (Lipinski definition) is 2. The molecule has 0 aromatic rings. The van der Waals surface area contributed by atoms with Gasteiger partial charge in [-0.1, -0.05) is 19.6 Å². The molecule has 84 valence electrons. The summed E-state index contributed by atoms with van der Waals surface area (Å²) in [4.78, 5) is 11.0. The SMILES string of the molecule is C=C(CCCC(C)C(C)=O)C(=N)/C=C/C. The van der Waals surface area contributed by atoms with Crippen molar-refractivity contribution < 1.29 is 4.79 Å². The van der Waals surface area contributed by atoms with Crippen molar-refractivity contribution in [3.63, 3.8) is 0 Å². The van der Waals surface area contributed by atoms with Gasteiger partial charge in [0.05, 0.1) is 5.71 Å². The van der Waals surface area contributed by atoms with E-state index in [0.29, 0.717) is 5.71 Å². The van der Waals surface area contributed by atoms with Crippen molar-refractivity contribution in [1.82, 2.24) is 0 Å². The van der Waals surface area contributed by atoms with Gasteiger partial charge in [-0.15, -0.1) is 0 Å². The van der Waals surface area contributed by atoms with E-state index in [-0.39, 0.29) is 11.7 Å². The summed E-state index contributed by atoms with van der Waals surface area (Å²) in [6, 6.07) is 0. The molecule has 0 amide bonds. The van der Waals surface area contributed by atoms with Gasteiger partial charge in [0.1, 0.15) is 5.78 Å². The molecule has 0 aliphatic rings. The van der Waals surface area contributed by atoms with E-state index in [1.807, 2.05) is 19.9 Å². The summed E-state index contributed by atoms with van der Waals surface area (Å²) >= 11 is 0. The highest BCUT2D eigenvalue weighted by molar-refractivity contribution is 6.05. The van der Waals surface area contributed by atoms with Crippen LogP contribution >= 0.6 is 0 Å². The molecule has 0 rings (SSSR count). The average Bonchev–Trinajstić information content (AvgIpc) is 2.17. The molecular weight excluding hydrogens is 186 g/mol. The Morgan fingerprint density at radius 2 is 2.13 bits per heavy atom. The summed E-state index contributed by atoms with van der Waals surface area (Å²) < 4.78 is 0. The molecule has 0 aromatic heterocycles. The minimum absolute atomic E-state index is 0.133. The third-order valence-corrected chi connectivity index (χ3v) is 2.52. The largest absolute Gasteiger partial charge is 0.301 e. The lowest BCUT2D eigenvalue weighted by Gasteiger charge is -2.08. The summed E-state index contributed by atoms with van der Waals surface area (Å²) in [6.45, 7) is 9.32. The molecule has 1 N–H and O–H groups in total. The van der Waals surface area contributed by atoms with Gasteiger partial charge in [-0.2, -0.15) is 0 Å². The lowest BCUT2D eigenvalue weighted by Crippen LogP contribution is -2.06. The van der Waals surface area contributed by atoms with E-state index < -0.39 is 0 Å².